The summed E-state index contributed by atoms with van der Waals surface area (Å²) in [7, 11) is 1.30. The first-order chi connectivity index (χ1) is 12.5. The van der Waals surface area contributed by atoms with Crippen LogP contribution in [0.4, 0.5) is 5.69 Å². The lowest BCUT2D eigenvalue weighted by Gasteiger charge is -2.12. The minimum absolute atomic E-state index is 0.182. The molecule has 7 heteroatoms. The van der Waals surface area contributed by atoms with E-state index in [0.717, 1.165) is 0 Å². The molecule has 0 bridgehead atoms. The van der Waals surface area contributed by atoms with Gasteiger partial charge in [-0.2, -0.15) is 0 Å². The van der Waals surface area contributed by atoms with Crippen LogP contribution in [-0.4, -0.2) is 28.5 Å². The third-order valence-electron chi connectivity index (χ3n) is 4.06. The van der Waals surface area contributed by atoms with Gasteiger partial charge in [0.05, 0.1) is 29.9 Å². The maximum atomic E-state index is 12.4. The van der Waals surface area contributed by atoms with Crippen LogP contribution in [-0.2, 0) is 16.1 Å². The van der Waals surface area contributed by atoms with Crippen molar-refractivity contribution < 1.29 is 14.3 Å². The molecule has 7 nitrogen and oxygen atoms in total. The number of anilines is 1. The number of nitrogens with one attached hydrogen (secondary N) is 1. The van der Waals surface area contributed by atoms with Crippen molar-refractivity contribution in [3.05, 3.63) is 70.3 Å². The Morgan fingerprint density at radius 3 is 2.69 bits per heavy atom. The highest BCUT2D eigenvalue weighted by Gasteiger charge is 2.14. The Hall–Kier alpha value is -3.48. The molecule has 3 rings (SSSR count). The van der Waals surface area contributed by atoms with Crippen molar-refractivity contribution in [2.24, 2.45) is 0 Å². The van der Waals surface area contributed by atoms with Gasteiger partial charge in [-0.15, -0.1) is 0 Å². The third-order valence-corrected chi connectivity index (χ3v) is 4.06. The zero-order valence-corrected chi connectivity index (χ0v) is 14.4. The number of rotatable bonds is 4. The van der Waals surface area contributed by atoms with Gasteiger partial charge >= 0.3 is 5.97 Å². The number of nitrogens with zero attached hydrogens (tertiary/aromatic N) is 2. The molecule has 1 heterocycles. The molecule has 0 aliphatic rings. The summed E-state index contributed by atoms with van der Waals surface area (Å²) in [5.74, 6) is -0.872. The maximum Gasteiger partial charge on any atom is 0.338 e. The highest BCUT2D eigenvalue weighted by Crippen LogP contribution is 2.19. The van der Waals surface area contributed by atoms with Crippen LogP contribution in [0.1, 0.15) is 15.9 Å². The van der Waals surface area contributed by atoms with Crippen molar-refractivity contribution in [1.82, 2.24) is 9.55 Å². The quantitative estimate of drug-likeness (QED) is 0.727. The van der Waals surface area contributed by atoms with Crippen LogP contribution in [0.15, 0.2) is 53.6 Å². The molecule has 0 spiro atoms. The number of para-hydroxylation sites is 1. The van der Waals surface area contributed by atoms with Crippen molar-refractivity contribution in [1.29, 1.82) is 0 Å². The van der Waals surface area contributed by atoms with E-state index in [-0.39, 0.29) is 12.1 Å². The molecule has 0 saturated carbocycles. The van der Waals surface area contributed by atoms with Gasteiger partial charge in [0.1, 0.15) is 6.54 Å². The van der Waals surface area contributed by atoms with Gasteiger partial charge in [-0.3, -0.25) is 14.2 Å². The fourth-order valence-electron chi connectivity index (χ4n) is 2.67. The Morgan fingerprint density at radius 1 is 1.15 bits per heavy atom. The monoisotopic (exact) mass is 351 g/mol. The van der Waals surface area contributed by atoms with E-state index in [1.165, 1.54) is 18.0 Å². The van der Waals surface area contributed by atoms with Gasteiger partial charge in [-0.25, -0.2) is 9.78 Å². The van der Waals surface area contributed by atoms with Crippen LogP contribution < -0.4 is 10.9 Å². The molecule has 3 aromatic rings. The second-order valence-corrected chi connectivity index (χ2v) is 5.71. The normalized spacial score (nSPS) is 10.5. The Labute approximate surface area is 149 Å². The Balaban J connectivity index is 1.83. The zero-order chi connectivity index (χ0) is 18.7. The van der Waals surface area contributed by atoms with E-state index in [9.17, 15) is 14.4 Å². The number of fused-ring (bicyclic) bond motifs is 1. The van der Waals surface area contributed by atoms with E-state index in [2.05, 4.69) is 10.3 Å². The average molecular weight is 351 g/mol. The van der Waals surface area contributed by atoms with E-state index in [4.69, 9.17) is 4.74 Å². The van der Waals surface area contributed by atoms with E-state index in [1.807, 2.05) is 0 Å². The Kier molecular flexibility index (Phi) is 4.79. The molecule has 1 aromatic heterocycles. The number of ether oxygens (including phenoxy) is 1. The van der Waals surface area contributed by atoms with E-state index >= 15 is 0 Å². The highest BCUT2D eigenvalue weighted by atomic mass is 16.5. The molecule has 0 atom stereocenters. The van der Waals surface area contributed by atoms with E-state index < -0.39 is 11.9 Å². The van der Waals surface area contributed by atoms with E-state index in [1.54, 1.807) is 49.4 Å². The summed E-state index contributed by atoms with van der Waals surface area (Å²) in [4.78, 5) is 40.7. The summed E-state index contributed by atoms with van der Waals surface area (Å²) in [6.45, 7) is 1.53. The average Bonchev–Trinajstić information content (AvgIpc) is 2.65. The molecular formula is C19H17N3O4. The molecule has 0 aliphatic carbocycles. The topological polar surface area (TPSA) is 90.3 Å². The van der Waals surface area contributed by atoms with E-state index in [0.29, 0.717) is 27.7 Å². The molecule has 132 valence electrons. The second kappa shape index (κ2) is 7.18. The SMILES string of the molecule is COC(=O)c1cccc(NC(=O)Cn2cnc3ccccc3c2=O)c1C. The number of aromatic nitrogens is 2. The molecular weight excluding hydrogens is 334 g/mol. The van der Waals surface area contributed by atoms with Gasteiger partial charge in [0.15, 0.2) is 0 Å². The van der Waals surface area contributed by atoms with Gasteiger partial charge in [-0.05, 0) is 36.8 Å². The minimum Gasteiger partial charge on any atom is -0.465 e. The lowest BCUT2D eigenvalue weighted by molar-refractivity contribution is -0.116. The lowest BCUT2D eigenvalue weighted by atomic mass is 10.1. The highest BCUT2D eigenvalue weighted by molar-refractivity contribution is 5.96. The van der Waals surface area contributed by atoms with Gasteiger partial charge in [0, 0.05) is 5.69 Å². The van der Waals surface area contributed by atoms with Crippen LogP contribution in [0.25, 0.3) is 10.9 Å². The van der Waals surface area contributed by atoms with Crippen LogP contribution in [0, 0.1) is 6.92 Å². The largest absolute Gasteiger partial charge is 0.465 e. The summed E-state index contributed by atoms with van der Waals surface area (Å²) in [5, 5.41) is 3.17. The summed E-state index contributed by atoms with van der Waals surface area (Å²) < 4.78 is 5.97. The van der Waals surface area contributed by atoms with Crippen molar-refractivity contribution in [2.45, 2.75) is 13.5 Å². The summed E-state index contributed by atoms with van der Waals surface area (Å²) in [6, 6.07) is 11.9. The maximum absolute atomic E-state index is 12.4. The number of carbonyl (C=O) groups excluding carboxylic acids is 2. The number of esters is 1. The first-order valence-corrected chi connectivity index (χ1v) is 7.93. The smallest absolute Gasteiger partial charge is 0.338 e. The fraction of sp³-hybridized carbons (Fsp3) is 0.158. The van der Waals surface area contributed by atoms with Crippen molar-refractivity contribution in [3.8, 4) is 0 Å². The summed E-state index contributed by atoms with van der Waals surface area (Å²) in [5.41, 5.74) is 1.74. The lowest BCUT2D eigenvalue weighted by Crippen LogP contribution is -2.28. The number of carbonyl (C=O) groups is 2. The van der Waals surface area contributed by atoms with Crippen LogP contribution in [0.2, 0.25) is 0 Å². The summed E-state index contributed by atoms with van der Waals surface area (Å²) in [6.07, 6.45) is 1.35. The molecule has 26 heavy (non-hydrogen) atoms. The van der Waals surface area contributed by atoms with Crippen LogP contribution >= 0.6 is 0 Å². The Bertz CT molecular complexity index is 1060. The van der Waals surface area contributed by atoms with Crippen LogP contribution in [0.3, 0.4) is 0 Å². The van der Waals surface area contributed by atoms with Crippen molar-refractivity contribution in [3.63, 3.8) is 0 Å². The number of methoxy groups -OCH3 is 1. The molecule has 0 fully saturated rings. The van der Waals surface area contributed by atoms with Gasteiger partial charge < -0.3 is 10.1 Å². The van der Waals surface area contributed by atoms with Crippen LogP contribution in [0.5, 0.6) is 0 Å². The first kappa shape index (κ1) is 17.3. The first-order valence-electron chi connectivity index (χ1n) is 7.93. The molecule has 1 amide bonds. The molecule has 0 saturated heterocycles. The fourth-order valence-corrected chi connectivity index (χ4v) is 2.67. The van der Waals surface area contributed by atoms with Gasteiger partial charge in [0.2, 0.25) is 5.91 Å². The van der Waals surface area contributed by atoms with Crippen molar-refractivity contribution in [2.75, 3.05) is 12.4 Å². The number of benzene rings is 2. The number of hydrogen-bond acceptors (Lipinski definition) is 5. The van der Waals surface area contributed by atoms with Gasteiger partial charge in [0.25, 0.3) is 5.56 Å². The summed E-state index contributed by atoms with van der Waals surface area (Å²) >= 11 is 0. The molecule has 1 N–H and O–H groups in total. The molecule has 0 aliphatic heterocycles. The molecule has 0 radical (unpaired) electrons. The standard InChI is InChI=1S/C19H17N3O4/c1-12-13(19(25)26-2)7-5-9-15(12)21-17(23)10-22-11-20-16-8-4-3-6-14(16)18(22)24/h3-9,11H,10H2,1-2H3,(H,21,23). The predicted molar refractivity (Wildman–Crippen MR) is 97.2 cm³/mol. The number of amides is 1. The van der Waals surface area contributed by atoms with Crippen molar-refractivity contribution >= 4 is 28.5 Å². The molecule has 2 aromatic carbocycles. The Morgan fingerprint density at radius 2 is 1.92 bits per heavy atom. The molecule has 0 unspecified atom stereocenters. The third kappa shape index (κ3) is 3.32. The number of hydrogen-bond donors (Lipinski definition) is 1. The second-order valence-electron chi connectivity index (χ2n) is 5.71. The van der Waals surface area contributed by atoms with Gasteiger partial charge in [-0.1, -0.05) is 18.2 Å². The minimum atomic E-state index is -0.478. The zero-order valence-electron chi connectivity index (χ0n) is 14.4. The predicted octanol–water partition coefficient (Wildman–Crippen LogP) is 2.13.